The lowest BCUT2D eigenvalue weighted by Gasteiger charge is -1.99. The summed E-state index contributed by atoms with van der Waals surface area (Å²) in [7, 11) is 0. The summed E-state index contributed by atoms with van der Waals surface area (Å²) in [6, 6.07) is 0. The molecular formula is C9H15N3. The lowest BCUT2D eigenvalue weighted by molar-refractivity contribution is 0.742. The molecule has 12 heavy (non-hydrogen) atoms. The van der Waals surface area contributed by atoms with Crippen LogP contribution in [0.4, 0.5) is 0 Å². The molecule has 3 heteroatoms. The number of nitrogens with two attached hydrogens (primary N) is 1. The molecule has 0 aromatic heterocycles. The largest absolute Gasteiger partial charge is 0.382 e. The van der Waals surface area contributed by atoms with Crippen molar-refractivity contribution in [1.29, 1.82) is 0 Å². The van der Waals surface area contributed by atoms with Crippen LogP contribution in [0.1, 0.15) is 32.6 Å². The number of hydrogen-bond acceptors (Lipinski definition) is 3. The van der Waals surface area contributed by atoms with Crippen molar-refractivity contribution in [3.8, 4) is 0 Å². The smallest absolute Gasteiger partial charge is 0.154 e. The fourth-order valence-corrected chi connectivity index (χ4v) is 1.13. The van der Waals surface area contributed by atoms with E-state index in [9.17, 15) is 0 Å². The maximum atomic E-state index is 5.51. The van der Waals surface area contributed by atoms with Gasteiger partial charge < -0.3 is 5.73 Å². The third kappa shape index (κ3) is 1.94. The number of nitrogens with zero attached hydrogens (tertiary/aromatic N) is 2. The number of amidine groups is 1. The Morgan fingerprint density at radius 2 is 2.08 bits per heavy atom. The normalized spacial score (nSPS) is 16.2. The Morgan fingerprint density at radius 1 is 1.33 bits per heavy atom. The van der Waals surface area contributed by atoms with E-state index in [1.165, 1.54) is 12.8 Å². The molecule has 1 rings (SSSR count). The van der Waals surface area contributed by atoms with Crippen LogP contribution in [-0.2, 0) is 0 Å². The first-order chi connectivity index (χ1) is 5.75. The van der Waals surface area contributed by atoms with Gasteiger partial charge in [0.15, 0.2) is 5.84 Å². The number of hydrogen-bond donors (Lipinski definition) is 1. The molecule has 0 bridgehead atoms. The van der Waals surface area contributed by atoms with Gasteiger partial charge in [0.1, 0.15) is 0 Å². The van der Waals surface area contributed by atoms with Crippen molar-refractivity contribution < 1.29 is 0 Å². The van der Waals surface area contributed by atoms with Crippen LogP contribution in [0.3, 0.4) is 0 Å². The lowest BCUT2D eigenvalue weighted by atomic mass is 10.1. The Balaban J connectivity index is 2.33. The van der Waals surface area contributed by atoms with E-state index in [0.29, 0.717) is 5.84 Å². The summed E-state index contributed by atoms with van der Waals surface area (Å²) < 4.78 is 0. The molecule has 0 radical (unpaired) electrons. The van der Waals surface area contributed by atoms with Gasteiger partial charge in [-0.2, -0.15) is 5.10 Å². The van der Waals surface area contributed by atoms with E-state index < -0.39 is 0 Å². The second-order valence-electron chi connectivity index (χ2n) is 2.97. The second-order valence-corrected chi connectivity index (χ2v) is 2.97. The van der Waals surface area contributed by atoms with Gasteiger partial charge >= 0.3 is 0 Å². The van der Waals surface area contributed by atoms with Crippen molar-refractivity contribution >= 4 is 11.5 Å². The van der Waals surface area contributed by atoms with E-state index in [1.807, 2.05) is 0 Å². The summed E-state index contributed by atoms with van der Waals surface area (Å²) in [5, 5.41) is 7.71. The van der Waals surface area contributed by atoms with Crippen LogP contribution in [-0.4, -0.2) is 11.5 Å². The summed E-state index contributed by atoms with van der Waals surface area (Å²) in [6.45, 7) is 5.99. The minimum Gasteiger partial charge on any atom is -0.382 e. The maximum Gasteiger partial charge on any atom is 0.154 e. The fraction of sp³-hybridized carbons (Fsp3) is 0.556. The zero-order chi connectivity index (χ0) is 8.97. The average molecular weight is 165 g/mol. The van der Waals surface area contributed by atoms with E-state index >= 15 is 0 Å². The van der Waals surface area contributed by atoms with E-state index in [-0.39, 0.29) is 0 Å². The van der Waals surface area contributed by atoms with E-state index in [2.05, 4.69) is 23.7 Å². The molecule has 0 fully saturated rings. The lowest BCUT2D eigenvalue weighted by Crippen LogP contribution is -2.15. The van der Waals surface area contributed by atoms with E-state index in [0.717, 1.165) is 24.1 Å². The predicted octanol–water partition coefficient (Wildman–Crippen LogP) is 1.85. The first kappa shape index (κ1) is 8.97. The van der Waals surface area contributed by atoms with Crippen molar-refractivity contribution in [2.45, 2.75) is 32.6 Å². The molecular weight excluding hydrogens is 150 g/mol. The zero-order valence-electron chi connectivity index (χ0n) is 7.51. The summed E-state index contributed by atoms with van der Waals surface area (Å²) in [5.74, 6) is 0.474. The topological polar surface area (TPSA) is 50.7 Å². The van der Waals surface area contributed by atoms with Gasteiger partial charge in [-0.25, -0.2) is 0 Å². The first-order valence-corrected chi connectivity index (χ1v) is 4.35. The van der Waals surface area contributed by atoms with Gasteiger partial charge in [-0.3, -0.25) is 0 Å². The Kier molecular flexibility index (Phi) is 3.02. The summed E-state index contributed by atoms with van der Waals surface area (Å²) >= 11 is 0. The molecule has 0 aromatic carbocycles. The van der Waals surface area contributed by atoms with Gasteiger partial charge in [0.05, 0.1) is 5.71 Å². The zero-order valence-corrected chi connectivity index (χ0v) is 7.51. The molecule has 0 atom stereocenters. The quantitative estimate of drug-likeness (QED) is 0.635. The van der Waals surface area contributed by atoms with E-state index in [4.69, 9.17) is 5.73 Å². The Labute approximate surface area is 73.1 Å². The van der Waals surface area contributed by atoms with Crippen LogP contribution in [0, 0.1) is 0 Å². The van der Waals surface area contributed by atoms with Crippen LogP contribution in [0.25, 0.3) is 0 Å². The van der Waals surface area contributed by atoms with Gasteiger partial charge in [0.25, 0.3) is 0 Å². The molecule has 1 heterocycles. The van der Waals surface area contributed by atoms with Crippen molar-refractivity contribution in [2.75, 3.05) is 0 Å². The Hall–Kier alpha value is -1.12. The minimum absolute atomic E-state index is 0.474. The third-order valence-corrected chi connectivity index (χ3v) is 1.95. The molecule has 0 unspecified atom stereocenters. The molecule has 0 saturated carbocycles. The van der Waals surface area contributed by atoms with Gasteiger partial charge in [-0.15, -0.1) is 5.10 Å². The standard InChI is InChI=1S/C9H15N3/c1-3-4-5-6-8-7(2)9(10)12-11-8/h2-6H2,1H3,(H2,10,12). The van der Waals surface area contributed by atoms with Crippen LogP contribution in [0.5, 0.6) is 0 Å². The Morgan fingerprint density at radius 3 is 2.58 bits per heavy atom. The highest BCUT2D eigenvalue weighted by molar-refractivity contribution is 6.24. The molecule has 1 aliphatic rings. The fourth-order valence-electron chi connectivity index (χ4n) is 1.13. The average Bonchev–Trinajstić information content (AvgIpc) is 2.36. The number of unbranched alkanes of at least 4 members (excludes halogenated alkanes) is 2. The highest BCUT2D eigenvalue weighted by Gasteiger charge is 2.13. The molecule has 1 aliphatic heterocycles. The molecule has 0 amide bonds. The summed E-state index contributed by atoms with van der Waals surface area (Å²) in [6.07, 6.45) is 4.55. The van der Waals surface area contributed by atoms with Crippen molar-refractivity contribution in [2.24, 2.45) is 15.9 Å². The molecule has 3 nitrogen and oxygen atoms in total. The maximum absolute atomic E-state index is 5.51. The molecule has 0 saturated heterocycles. The molecule has 66 valence electrons. The second kappa shape index (κ2) is 4.04. The van der Waals surface area contributed by atoms with Crippen molar-refractivity contribution in [1.82, 2.24) is 0 Å². The van der Waals surface area contributed by atoms with Crippen LogP contribution in [0.15, 0.2) is 22.4 Å². The molecule has 2 N–H and O–H groups in total. The van der Waals surface area contributed by atoms with E-state index in [1.54, 1.807) is 0 Å². The van der Waals surface area contributed by atoms with Gasteiger partial charge in [0, 0.05) is 5.57 Å². The van der Waals surface area contributed by atoms with Crippen LogP contribution in [0.2, 0.25) is 0 Å². The van der Waals surface area contributed by atoms with Gasteiger partial charge in [-0.05, 0) is 12.8 Å². The van der Waals surface area contributed by atoms with Crippen molar-refractivity contribution in [3.63, 3.8) is 0 Å². The minimum atomic E-state index is 0.474. The first-order valence-electron chi connectivity index (χ1n) is 4.35. The van der Waals surface area contributed by atoms with Gasteiger partial charge in [0.2, 0.25) is 0 Å². The highest BCUT2D eigenvalue weighted by atomic mass is 15.3. The van der Waals surface area contributed by atoms with Crippen LogP contribution >= 0.6 is 0 Å². The SMILES string of the molecule is C=C1C(N)=NN=C1CCCCC. The molecule has 0 aliphatic carbocycles. The third-order valence-electron chi connectivity index (χ3n) is 1.95. The Bertz CT molecular complexity index is 238. The predicted molar refractivity (Wildman–Crippen MR) is 52.3 cm³/mol. The summed E-state index contributed by atoms with van der Waals surface area (Å²) in [5.41, 5.74) is 7.28. The van der Waals surface area contributed by atoms with Crippen LogP contribution < -0.4 is 5.73 Å². The monoisotopic (exact) mass is 165 g/mol. The highest BCUT2D eigenvalue weighted by Crippen LogP contribution is 2.11. The summed E-state index contributed by atoms with van der Waals surface area (Å²) in [4.78, 5) is 0. The van der Waals surface area contributed by atoms with Crippen molar-refractivity contribution in [3.05, 3.63) is 12.2 Å². The number of rotatable bonds is 4. The molecule has 0 aromatic rings. The van der Waals surface area contributed by atoms with Gasteiger partial charge in [-0.1, -0.05) is 26.3 Å². The molecule has 0 spiro atoms.